The monoisotopic (exact) mass is 245 g/mol. The van der Waals surface area contributed by atoms with Crippen molar-refractivity contribution in [2.24, 2.45) is 5.73 Å². The highest BCUT2D eigenvalue weighted by molar-refractivity contribution is 7.13. The first kappa shape index (κ1) is 10.4. The molecule has 1 aromatic carbocycles. The van der Waals surface area contributed by atoms with Crippen LogP contribution >= 0.6 is 11.3 Å². The van der Waals surface area contributed by atoms with Gasteiger partial charge in [-0.25, -0.2) is 4.98 Å². The number of carbonyl (C=O) groups excluding carboxylic acids is 1. The molecule has 1 aliphatic rings. The van der Waals surface area contributed by atoms with E-state index in [0.29, 0.717) is 13.0 Å². The molecule has 0 spiro atoms. The van der Waals surface area contributed by atoms with E-state index in [0.717, 1.165) is 27.5 Å². The minimum atomic E-state index is 0.0546. The third-order valence-electron chi connectivity index (χ3n) is 2.74. The van der Waals surface area contributed by atoms with Gasteiger partial charge in [0.15, 0.2) is 0 Å². The summed E-state index contributed by atoms with van der Waals surface area (Å²) >= 11 is 1.58. The molecule has 0 bridgehead atoms. The van der Waals surface area contributed by atoms with Crippen molar-refractivity contribution < 1.29 is 4.79 Å². The van der Waals surface area contributed by atoms with Crippen molar-refractivity contribution in [2.45, 2.75) is 13.0 Å². The molecule has 5 heteroatoms. The first-order chi connectivity index (χ1) is 8.26. The predicted molar refractivity (Wildman–Crippen MR) is 67.8 cm³/mol. The minimum Gasteiger partial charge on any atom is -0.326 e. The van der Waals surface area contributed by atoms with E-state index in [-0.39, 0.29) is 5.91 Å². The van der Waals surface area contributed by atoms with Gasteiger partial charge in [-0.1, -0.05) is 0 Å². The molecule has 0 fully saturated rings. The van der Waals surface area contributed by atoms with Crippen molar-refractivity contribution >= 4 is 22.9 Å². The van der Waals surface area contributed by atoms with E-state index in [1.807, 2.05) is 23.6 Å². The van der Waals surface area contributed by atoms with Crippen LogP contribution in [-0.2, 0) is 17.8 Å². The van der Waals surface area contributed by atoms with Crippen LogP contribution in [0.3, 0.4) is 0 Å². The molecule has 2 aromatic rings. The molecule has 0 unspecified atom stereocenters. The Hall–Kier alpha value is -1.72. The first-order valence-electron chi connectivity index (χ1n) is 5.34. The topological polar surface area (TPSA) is 68.0 Å². The second-order valence-electron chi connectivity index (χ2n) is 3.94. The summed E-state index contributed by atoms with van der Waals surface area (Å²) in [5, 5.41) is 5.73. The van der Waals surface area contributed by atoms with Gasteiger partial charge in [0.2, 0.25) is 5.91 Å². The maximum Gasteiger partial charge on any atom is 0.228 e. The zero-order valence-electron chi connectivity index (χ0n) is 9.06. The zero-order valence-corrected chi connectivity index (χ0v) is 9.88. The van der Waals surface area contributed by atoms with Crippen LogP contribution in [0.25, 0.3) is 10.6 Å². The summed E-state index contributed by atoms with van der Waals surface area (Å²) in [6, 6.07) is 5.93. The van der Waals surface area contributed by atoms with Crippen molar-refractivity contribution in [1.82, 2.24) is 4.98 Å². The number of rotatable bonds is 2. The van der Waals surface area contributed by atoms with Gasteiger partial charge >= 0.3 is 0 Å². The van der Waals surface area contributed by atoms with Gasteiger partial charge in [0.25, 0.3) is 0 Å². The number of anilines is 1. The minimum absolute atomic E-state index is 0.0546. The van der Waals surface area contributed by atoms with Crippen LogP contribution in [0.5, 0.6) is 0 Å². The number of benzene rings is 1. The summed E-state index contributed by atoms with van der Waals surface area (Å²) in [6.45, 7) is 0.460. The summed E-state index contributed by atoms with van der Waals surface area (Å²) in [5.74, 6) is 0.0546. The Morgan fingerprint density at radius 1 is 1.47 bits per heavy atom. The zero-order chi connectivity index (χ0) is 11.8. The molecule has 17 heavy (non-hydrogen) atoms. The fourth-order valence-corrected chi connectivity index (χ4v) is 2.73. The predicted octanol–water partition coefficient (Wildman–Crippen LogP) is 1.76. The van der Waals surface area contributed by atoms with Gasteiger partial charge in [-0.2, -0.15) is 0 Å². The lowest BCUT2D eigenvalue weighted by molar-refractivity contribution is -0.115. The van der Waals surface area contributed by atoms with Gasteiger partial charge in [0.05, 0.1) is 12.1 Å². The summed E-state index contributed by atoms with van der Waals surface area (Å²) in [5.41, 5.74) is 9.44. The normalized spacial score (nSPS) is 13.6. The van der Waals surface area contributed by atoms with Crippen molar-refractivity contribution in [3.05, 3.63) is 34.8 Å². The van der Waals surface area contributed by atoms with E-state index in [1.54, 1.807) is 11.3 Å². The quantitative estimate of drug-likeness (QED) is 0.847. The molecular weight excluding hydrogens is 234 g/mol. The average molecular weight is 245 g/mol. The van der Waals surface area contributed by atoms with Gasteiger partial charge in [-0.15, -0.1) is 11.3 Å². The second kappa shape index (κ2) is 3.94. The van der Waals surface area contributed by atoms with Crippen LogP contribution in [0.2, 0.25) is 0 Å². The Labute approximate surface area is 102 Å². The van der Waals surface area contributed by atoms with Crippen LogP contribution < -0.4 is 11.1 Å². The summed E-state index contributed by atoms with van der Waals surface area (Å²) in [7, 11) is 0. The molecule has 1 aromatic heterocycles. The molecule has 2 heterocycles. The Morgan fingerprint density at radius 3 is 3.12 bits per heavy atom. The van der Waals surface area contributed by atoms with E-state index in [1.165, 1.54) is 0 Å². The van der Waals surface area contributed by atoms with Crippen molar-refractivity contribution in [3.63, 3.8) is 0 Å². The van der Waals surface area contributed by atoms with E-state index < -0.39 is 0 Å². The largest absolute Gasteiger partial charge is 0.326 e. The number of aromatic nitrogens is 1. The summed E-state index contributed by atoms with van der Waals surface area (Å²) in [4.78, 5) is 15.7. The van der Waals surface area contributed by atoms with Crippen LogP contribution in [0.4, 0.5) is 5.69 Å². The lowest BCUT2D eigenvalue weighted by Gasteiger charge is -2.00. The van der Waals surface area contributed by atoms with E-state index >= 15 is 0 Å². The van der Waals surface area contributed by atoms with Crippen molar-refractivity contribution in [1.29, 1.82) is 0 Å². The van der Waals surface area contributed by atoms with Crippen molar-refractivity contribution in [2.75, 3.05) is 5.32 Å². The number of nitrogens with one attached hydrogen (secondary N) is 1. The second-order valence-corrected chi connectivity index (χ2v) is 4.80. The number of carbonyl (C=O) groups is 1. The maximum atomic E-state index is 11.3. The third kappa shape index (κ3) is 1.83. The Bertz CT molecular complexity index is 591. The summed E-state index contributed by atoms with van der Waals surface area (Å²) in [6.07, 6.45) is 0.457. The highest BCUT2D eigenvalue weighted by Gasteiger charge is 2.18. The number of fused-ring (bicyclic) bond motifs is 1. The van der Waals surface area contributed by atoms with E-state index in [2.05, 4.69) is 10.3 Å². The highest BCUT2D eigenvalue weighted by atomic mass is 32.1. The van der Waals surface area contributed by atoms with Crippen LogP contribution in [0, 0.1) is 0 Å². The molecule has 0 saturated carbocycles. The van der Waals surface area contributed by atoms with Gasteiger partial charge in [-0.3, -0.25) is 4.79 Å². The smallest absolute Gasteiger partial charge is 0.228 e. The molecule has 0 aliphatic carbocycles. The molecule has 0 atom stereocenters. The average Bonchev–Trinajstić information content (AvgIpc) is 2.92. The first-order valence-corrected chi connectivity index (χ1v) is 6.22. The van der Waals surface area contributed by atoms with Crippen LogP contribution in [-0.4, -0.2) is 10.9 Å². The van der Waals surface area contributed by atoms with E-state index in [9.17, 15) is 4.79 Å². The summed E-state index contributed by atoms with van der Waals surface area (Å²) < 4.78 is 0. The van der Waals surface area contributed by atoms with Crippen molar-refractivity contribution in [3.8, 4) is 10.6 Å². The fourth-order valence-electron chi connectivity index (χ4n) is 1.90. The van der Waals surface area contributed by atoms with E-state index in [4.69, 9.17) is 5.73 Å². The lowest BCUT2D eigenvalue weighted by Crippen LogP contribution is -2.03. The van der Waals surface area contributed by atoms with Gasteiger partial charge in [-0.05, 0) is 23.8 Å². The van der Waals surface area contributed by atoms with Crippen LogP contribution in [0.1, 0.15) is 11.3 Å². The number of amides is 1. The number of hydrogen-bond donors (Lipinski definition) is 2. The van der Waals surface area contributed by atoms with Crippen LogP contribution in [0.15, 0.2) is 23.6 Å². The number of hydrogen-bond acceptors (Lipinski definition) is 4. The molecule has 86 valence electrons. The molecule has 4 nitrogen and oxygen atoms in total. The van der Waals surface area contributed by atoms with Gasteiger partial charge in [0.1, 0.15) is 5.01 Å². The molecular formula is C12H11N3OS. The Kier molecular flexibility index (Phi) is 2.42. The third-order valence-corrected chi connectivity index (χ3v) is 3.68. The van der Waals surface area contributed by atoms with Gasteiger partial charge < -0.3 is 11.1 Å². The molecule has 0 radical (unpaired) electrons. The molecule has 3 rings (SSSR count). The van der Waals surface area contributed by atoms with Gasteiger partial charge in [0, 0.05) is 23.2 Å². The Balaban J connectivity index is 1.99. The molecule has 1 aliphatic heterocycles. The molecule has 0 saturated heterocycles. The number of nitrogens with two attached hydrogens (primary N) is 1. The fraction of sp³-hybridized carbons (Fsp3) is 0.167. The molecule has 3 N–H and O–H groups in total. The lowest BCUT2D eigenvalue weighted by atomic mass is 10.1. The highest BCUT2D eigenvalue weighted by Crippen LogP contribution is 2.30. The molecule has 1 amide bonds. The number of nitrogens with zero attached hydrogens (tertiary/aromatic N) is 1. The maximum absolute atomic E-state index is 11.3. The SMILES string of the molecule is NCc1csc(-c2ccc3c(c2)CC(=O)N3)n1. The number of thiazole rings is 1. The standard InChI is InChI=1S/C12H11N3OS/c13-5-9-6-17-12(14-9)7-1-2-10-8(3-7)4-11(16)15-10/h1-3,6H,4-5,13H2,(H,15,16). The Morgan fingerprint density at radius 2 is 2.35 bits per heavy atom.